The first-order valence-electron chi connectivity index (χ1n) is 5.93. The highest BCUT2D eigenvalue weighted by atomic mass is 32.1. The van der Waals surface area contributed by atoms with E-state index < -0.39 is 0 Å². The highest BCUT2D eigenvalue weighted by molar-refractivity contribution is 7.19. The number of fused-ring (bicyclic) bond motifs is 1. The lowest BCUT2D eigenvalue weighted by atomic mass is 10.3. The normalized spacial score (nSPS) is 11.5. The van der Waals surface area contributed by atoms with E-state index in [0.717, 1.165) is 21.0 Å². The lowest BCUT2D eigenvalue weighted by molar-refractivity contribution is 0.415. The number of nitrogens with zero attached hydrogens (tertiary/aromatic N) is 1. The zero-order valence-corrected chi connectivity index (χ0v) is 12.3. The number of methoxy groups -OCH3 is 1. The molecule has 2 heterocycles. The molecular weight excluding hydrogens is 274 g/mol. The molecule has 2 nitrogen and oxygen atoms in total. The van der Waals surface area contributed by atoms with Gasteiger partial charge < -0.3 is 4.74 Å². The molecule has 4 heteroatoms. The molecule has 2 aromatic heterocycles. The van der Waals surface area contributed by atoms with Crippen LogP contribution in [0.15, 0.2) is 29.6 Å². The van der Waals surface area contributed by atoms with Gasteiger partial charge >= 0.3 is 0 Å². The molecule has 0 fully saturated rings. The van der Waals surface area contributed by atoms with E-state index in [1.54, 1.807) is 29.8 Å². The molecule has 0 amide bonds. The Kier molecular flexibility index (Phi) is 3.36. The van der Waals surface area contributed by atoms with Crippen LogP contribution in [0, 0.1) is 6.92 Å². The number of rotatable bonds is 3. The van der Waals surface area contributed by atoms with Crippen molar-refractivity contribution >= 4 is 45.0 Å². The van der Waals surface area contributed by atoms with Crippen molar-refractivity contribution in [1.29, 1.82) is 0 Å². The number of hydrogen-bond acceptors (Lipinski definition) is 4. The Hall–Kier alpha value is -1.65. The van der Waals surface area contributed by atoms with Gasteiger partial charge in [-0.25, -0.2) is 4.98 Å². The molecule has 0 spiro atoms. The second kappa shape index (κ2) is 5.15. The molecule has 0 bridgehead atoms. The molecule has 0 atom stereocenters. The zero-order chi connectivity index (χ0) is 13.2. The molecule has 0 aliphatic heterocycles. The number of aryl methyl sites for hydroxylation is 1. The van der Waals surface area contributed by atoms with E-state index in [1.165, 1.54) is 10.4 Å². The van der Waals surface area contributed by atoms with E-state index in [-0.39, 0.29) is 0 Å². The van der Waals surface area contributed by atoms with E-state index in [2.05, 4.69) is 35.5 Å². The van der Waals surface area contributed by atoms with E-state index in [4.69, 9.17) is 4.74 Å². The maximum absolute atomic E-state index is 5.23. The van der Waals surface area contributed by atoms with E-state index in [0.29, 0.717) is 0 Å². The third-order valence-electron chi connectivity index (χ3n) is 2.89. The van der Waals surface area contributed by atoms with Gasteiger partial charge in [-0.2, -0.15) is 0 Å². The van der Waals surface area contributed by atoms with Gasteiger partial charge in [-0.15, -0.1) is 22.7 Å². The van der Waals surface area contributed by atoms with E-state index >= 15 is 0 Å². The van der Waals surface area contributed by atoms with Crippen LogP contribution in [0.3, 0.4) is 0 Å². The SMILES string of the molecule is COc1ccc2nc(C=Cc3sccc3C)sc2c1. The van der Waals surface area contributed by atoms with Crippen molar-refractivity contribution in [2.24, 2.45) is 0 Å². The molecular formula is C15H13NOS2. The minimum absolute atomic E-state index is 0.876. The van der Waals surface area contributed by atoms with Crippen molar-refractivity contribution in [2.75, 3.05) is 7.11 Å². The van der Waals surface area contributed by atoms with Crippen LogP contribution in [0.25, 0.3) is 22.4 Å². The second-order valence-corrected chi connectivity index (χ2v) is 6.20. The van der Waals surface area contributed by atoms with Gasteiger partial charge in [-0.1, -0.05) is 0 Å². The van der Waals surface area contributed by atoms with Crippen LogP contribution in [-0.2, 0) is 0 Å². The van der Waals surface area contributed by atoms with Crippen LogP contribution >= 0.6 is 22.7 Å². The van der Waals surface area contributed by atoms with Crippen LogP contribution in [0.1, 0.15) is 15.4 Å². The number of hydrogen-bond donors (Lipinski definition) is 0. The Morgan fingerprint density at radius 2 is 2.11 bits per heavy atom. The number of benzene rings is 1. The summed E-state index contributed by atoms with van der Waals surface area (Å²) >= 11 is 3.43. The summed E-state index contributed by atoms with van der Waals surface area (Å²) in [6.45, 7) is 2.12. The number of aromatic nitrogens is 1. The molecule has 96 valence electrons. The van der Waals surface area contributed by atoms with Gasteiger partial charge in [0.1, 0.15) is 10.8 Å². The summed E-state index contributed by atoms with van der Waals surface area (Å²) in [5.74, 6) is 0.876. The topological polar surface area (TPSA) is 22.1 Å². The highest BCUT2D eigenvalue weighted by Crippen LogP contribution is 2.28. The predicted molar refractivity (Wildman–Crippen MR) is 84.2 cm³/mol. The van der Waals surface area contributed by atoms with E-state index in [1.807, 2.05) is 18.2 Å². The van der Waals surface area contributed by atoms with Crippen molar-refractivity contribution in [1.82, 2.24) is 4.98 Å². The summed E-state index contributed by atoms with van der Waals surface area (Å²) in [6, 6.07) is 8.10. The number of thiazole rings is 1. The summed E-state index contributed by atoms with van der Waals surface area (Å²) in [5, 5.41) is 3.13. The van der Waals surface area contributed by atoms with Gasteiger partial charge in [-0.05, 0) is 54.3 Å². The fraction of sp³-hybridized carbons (Fsp3) is 0.133. The smallest absolute Gasteiger partial charge is 0.120 e. The zero-order valence-electron chi connectivity index (χ0n) is 10.7. The molecule has 1 aromatic carbocycles. The van der Waals surface area contributed by atoms with Gasteiger partial charge in [0.25, 0.3) is 0 Å². The maximum atomic E-state index is 5.23. The Morgan fingerprint density at radius 1 is 1.21 bits per heavy atom. The lowest BCUT2D eigenvalue weighted by Crippen LogP contribution is -1.80. The summed E-state index contributed by atoms with van der Waals surface area (Å²) in [7, 11) is 1.68. The summed E-state index contributed by atoms with van der Waals surface area (Å²) in [4.78, 5) is 5.89. The molecule has 0 unspecified atom stereocenters. The summed E-state index contributed by atoms with van der Waals surface area (Å²) in [6.07, 6.45) is 4.21. The van der Waals surface area contributed by atoms with Crippen molar-refractivity contribution in [3.05, 3.63) is 45.1 Å². The minimum Gasteiger partial charge on any atom is -0.497 e. The third-order valence-corrected chi connectivity index (χ3v) is 4.86. The molecule has 0 saturated heterocycles. The monoisotopic (exact) mass is 287 g/mol. The molecule has 0 saturated carbocycles. The fourth-order valence-corrected chi connectivity index (χ4v) is 3.54. The van der Waals surface area contributed by atoms with Crippen molar-refractivity contribution in [2.45, 2.75) is 6.92 Å². The van der Waals surface area contributed by atoms with Crippen molar-refractivity contribution in [3.63, 3.8) is 0 Å². The maximum Gasteiger partial charge on any atom is 0.120 e. The summed E-state index contributed by atoms with van der Waals surface area (Å²) in [5.41, 5.74) is 2.33. The molecule has 3 aromatic rings. The number of thiophene rings is 1. The molecule has 0 aliphatic carbocycles. The fourth-order valence-electron chi connectivity index (χ4n) is 1.82. The molecule has 0 N–H and O–H groups in total. The van der Waals surface area contributed by atoms with Gasteiger partial charge in [0.05, 0.1) is 17.3 Å². The van der Waals surface area contributed by atoms with Crippen LogP contribution in [-0.4, -0.2) is 12.1 Å². The van der Waals surface area contributed by atoms with Crippen LogP contribution in [0.2, 0.25) is 0 Å². The quantitative estimate of drug-likeness (QED) is 0.687. The van der Waals surface area contributed by atoms with Crippen molar-refractivity contribution < 1.29 is 4.74 Å². The van der Waals surface area contributed by atoms with Gasteiger partial charge in [0.15, 0.2) is 0 Å². The Balaban J connectivity index is 1.93. The second-order valence-electron chi connectivity index (χ2n) is 4.19. The average molecular weight is 287 g/mol. The Labute approximate surface area is 120 Å². The average Bonchev–Trinajstić information content (AvgIpc) is 3.01. The molecule has 0 radical (unpaired) electrons. The largest absolute Gasteiger partial charge is 0.497 e. The lowest BCUT2D eigenvalue weighted by Gasteiger charge is -1.96. The van der Waals surface area contributed by atoms with Gasteiger partial charge in [-0.3, -0.25) is 0 Å². The van der Waals surface area contributed by atoms with Gasteiger partial charge in [0.2, 0.25) is 0 Å². The van der Waals surface area contributed by atoms with Crippen LogP contribution in [0.4, 0.5) is 0 Å². The standard InChI is InChI=1S/C15H13NOS2/c1-10-7-8-18-13(10)5-6-15-16-12-4-3-11(17-2)9-14(12)19-15/h3-9H,1-2H3. The van der Waals surface area contributed by atoms with Crippen molar-refractivity contribution in [3.8, 4) is 5.75 Å². The highest BCUT2D eigenvalue weighted by Gasteiger charge is 2.03. The molecule has 0 aliphatic rings. The minimum atomic E-state index is 0.876. The Morgan fingerprint density at radius 3 is 2.84 bits per heavy atom. The van der Waals surface area contributed by atoms with Crippen LogP contribution < -0.4 is 4.74 Å². The third kappa shape index (κ3) is 2.55. The summed E-state index contributed by atoms with van der Waals surface area (Å²) < 4.78 is 6.38. The first kappa shape index (κ1) is 12.4. The van der Waals surface area contributed by atoms with Crippen LogP contribution in [0.5, 0.6) is 5.75 Å². The first-order valence-corrected chi connectivity index (χ1v) is 7.62. The predicted octanol–water partition coefficient (Wildman–Crippen LogP) is 4.85. The molecule has 3 rings (SSSR count). The van der Waals surface area contributed by atoms with E-state index in [9.17, 15) is 0 Å². The number of ether oxygens (including phenoxy) is 1. The first-order chi connectivity index (χ1) is 9.26. The Bertz CT molecular complexity index is 740. The molecule has 19 heavy (non-hydrogen) atoms. The van der Waals surface area contributed by atoms with Gasteiger partial charge in [0, 0.05) is 4.88 Å².